The molecule has 138 valence electrons. The van der Waals surface area contributed by atoms with Crippen LogP contribution in [-0.2, 0) is 14.8 Å². The quantitative estimate of drug-likeness (QED) is 0.819. The van der Waals surface area contributed by atoms with Gasteiger partial charge in [-0.3, -0.25) is 4.79 Å². The lowest BCUT2D eigenvalue weighted by molar-refractivity contribution is -0.137. The van der Waals surface area contributed by atoms with Crippen molar-refractivity contribution in [3.05, 3.63) is 29.8 Å². The van der Waals surface area contributed by atoms with E-state index in [4.69, 9.17) is 0 Å². The second-order valence-electron chi connectivity index (χ2n) is 6.64. The molecule has 3 rings (SSSR count). The van der Waals surface area contributed by atoms with E-state index in [1.54, 1.807) is 4.90 Å². The van der Waals surface area contributed by atoms with Crippen LogP contribution in [0.3, 0.4) is 0 Å². The minimum absolute atomic E-state index is 0.0584. The molecule has 1 aliphatic carbocycles. The van der Waals surface area contributed by atoms with Gasteiger partial charge in [0.05, 0.1) is 4.90 Å². The summed E-state index contributed by atoms with van der Waals surface area (Å²) in [4.78, 5) is 14.0. The van der Waals surface area contributed by atoms with Crippen LogP contribution in [0, 0.1) is 17.6 Å². The van der Waals surface area contributed by atoms with Crippen molar-refractivity contribution in [1.82, 2.24) is 9.21 Å². The fourth-order valence-electron chi connectivity index (χ4n) is 3.54. The minimum atomic E-state index is -3.89. The van der Waals surface area contributed by atoms with Gasteiger partial charge >= 0.3 is 0 Å². The Morgan fingerprint density at radius 3 is 2.20 bits per heavy atom. The van der Waals surface area contributed by atoms with E-state index in [1.807, 2.05) is 0 Å². The van der Waals surface area contributed by atoms with Crippen LogP contribution in [0.1, 0.15) is 32.1 Å². The van der Waals surface area contributed by atoms with Crippen molar-refractivity contribution in [1.29, 1.82) is 0 Å². The molecule has 0 bridgehead atoms. The van der Waals surface area contributed by atoms with Crippen molar-refractivity contribution in [3.8, 4) is 0 Å². The Hall–Kier alpha value is -1.54. The molecule has 25 heavy (non-hydrogen) atoms. The topological polar surface area (TPSA) is 57.7 Å². The van der Waals surface area contributed by atoms with Gasteiger partial charge in [-0.05, 0) is 31.0 Å². The van der Waals surface area contributed by atoms with Gasteiger partial charge in [-0.15, -0.1) is 0 Å². The molecule has 2 aliphatic rings. The molecule has 0 aromatic heterocycles. The Morgan fingerprint density at radius 1 is 0.960 bits per heavy atom. The Balaban J connectivity index is 1.64. The van der Waals surface area contributed by atoms with Crippen molar-refractivity contribution in [2.75, 3.05) is 26.2 Å². The molecule has 0 unspecified atom stereocenters. The van der Waals surface area contributed by atoms with E-state index in [0.29, 0.717) is 19.2 Å². The van der Waals surface area contributed by atoms with Gasteiger partial charge in [0.25, 0.3) is 0 Å². The molecule has 8 heteroatoms. The highest BCUT2D eigenvalue weighted by Gasteiger charge is 2.33. The molecule has 1 aliphatic heterocycles. The molecule has 1 aromatic carbocycles. The Morgan fingerprint density at radius 2 is 1.60 bits per heavy atom. The normalized spacial score (nSPS) is 20.6. The van der Waals surface area contributed by atoms with Crippen LogP contribution in [0.2, 0.25) is 0 Å². The third-order valence-corrected chi connectivity index (χ3v) is 6.93. The molecule has 5 nitrogen and oxygen atoms in total. The molecule has 2 fully saturated rings. The third kappa shape index (κ3) is 3.84. The molecule has 0 radical (unpaired) electrons. The molecule has 0 spiro atoms. The van der Waals surface area contributed by atoms with E-state index in [9.17, 15) is 22.0 Å². The highest BCUT2D eigenvalue weighted by molar-refractivity contribution is 7.89. The lowest BCUT2D eigenvalue weighted by Crippen LogP contribution is -2.52. The van der Waals surface area contributed by atoms with Crippen LogP contribution < -0.4 is 0 Å². The molecule has 0 atom stereocenters. The van der Waals surface area contributed by atoms with E-state index >= 15 is 0 Å². The molecule has 1 aromatic rings. The second kappa shape index (κ2) is 7.37. The third-order valence-electron chi connectivity index (χ3n) is 5.03. The maximum Gasteiger partial charge on any atom is 0.243 e. The van der Waals surface area contributed by atoms with Crippen molar-refractivity contribution >= 4 is 15.9 Å². The number of sulfonamides is 1. The predicted octanol–water partition coefficient (Wildman–Crippen LogP) is 2.38. The maximum atomic E-state index is 13.3. The smallest absolute Gasteiger partial charge is 0.243 e. The summed E-state index contributed by atoms with van der Waals surface area (Å²) in [5.74, 6) is -2.10. The Bertz CT molecular complexity index is 740. The minimum Gasteiger partial charge on any atom is -0.340 e. The number of nitrogens with zero attached hydrogens (tertiary/aromatic N) is 2. The van der Waals surface area contributed by atoms with Crippen molar-refractivity contribution in [2.24, 2.45) is 5.92 Å². The Kier molecular flexibility index (Phi) is 5.38. The first-order valence-corrected chi connectivity index (χ1v) is 10.1. The van der Waals surface area contributed by atoms with Crippen LogP contribution in [0.4, 0.5) is 8.78 Å². The van der Waals surface area contributed by atoms with E-state index < -0.39 is 21.7 Å². The van der Waals surface area contributed by atoms with Crippen LogP contribution in [0.5, 0.6) is 0 Å². The summed E-state index contributed by atoms with van der Waals surface area (Å²) >= 11 is 0. The average Bonchev–Trinajstić information content (AvgIpc) is 2.64. The summed E-state index contributed by atoms with van der Waals surface area (Å²) in [6, 6.07) is 2.57. The number of halogens is 2. The largest absolute Gasteiger partial charge is 0.340 e. The molecule has 1 heterocycles. The van der Waals surface area contributed by atoms with E-state index in [-0.39, 0.29) is 29.8 Å². The summed E-state index contributed by atoms with van der Waals surface area (Å²) in [6.45, 7) is 0.996. The van der Waals surface area contributed by atoms with Crippen molar-refractivity contribution in [3.63, 3.8) is 0 Å². The number of rotatable bonds is 3. The number of hydrogen-bond acceptors (Lipinski definition) is 3. The van der Waals surface area contributed by atoms with Gasteiger partial charge in [-0.2, -0.15) is 4.31 Å². The summed E-state index contributed by atoms with van der Waals surface area (Å²) in [7, 11) is -3.89. The monoisotopic (exact) mass is 372 g/mol. The van der Waals surface area contributed by atoms with Crippen molar-refractivity contribution < 1.29 is 22.0 Å². The number of hydrogen-bond donors (Lipinski definition) is 0. The molecular weight excluding hydrogens is 350 g/mol. The first-order valence-electron chi connectivity index (χ1n) is 8.63. The first kappa shape index (κ1) is 18.3. The fraction of sp³-hybridized carbons (Fsp3) is 0.588. The lowest BCUT2D eigenvalue weighted by atomic mass is 9.88. The zero-order valence-electron chi connectivity index (χ0n) is 14.0. The highest BCUT2D eigenvalue weighted by Crippen LogP contribution is 2.26. The Labute approximate surface area is 146 Å². The van der Waals surface area contributed by atoms with Crippen LogP contribution >= 0.6 is 0 Å². The summed E-state index contributed by atoms with van der Waals surface area (Å²) in [5, 5.41) is 0. The van der Waals surface area contributed by atoms with Crippen LogP contribution in [-0.4, -0.2) is 49.7 Å². The average molecular weight is 372 g/mol. The standard InChI is InChI=1S/C17H22F2N2O3S/c18-15-7-6-14(12-16(15)19)25(23,24)21-10-8-20(9-11-21)17(22)13-4-2-1-3-5-13/h6-7,12-13H,1-5,8-11H2. The summed E-state index contributed by atoms with van der Waals surface area (Å²) < 4.78 is 52.7. The van der Waals surface area contributed by atoms with Gasteiger partial charge in [0.1, 0.15) is 0 Å². The van der Waals surface area contributed by atoms with E-state index in [1.165, 1.54) is 10.7 Å². The van der Waals surface area contributed by atoms with Gasteiger partial charge in [-0.25, -0.2) is 17.2 Å². The van der Waals surface area contributed by atoms with Gasteiger partial charge in [-0.1, -0.05) is 19.3 Å². The molecular formula is C17H22F2N2O3S. The van der Waals surface area contributed by atoms with Gasteiger partial charge < -0.3 is 4.90 Å². The number of amides is 1. The van der Waals surface area contributed by atoms with E-state index in [2.05, 4.69) is 0 Å². The molecule has 1 saturated carbocycles. The van der Waals surface area contributed by atoms with E-state index in [0.717, 1.165) is 37.8 Å². The molecule has 1 saturated heterocycles. The molecule has 0 N–H and O–H groups in total. The van der Waals surface area contributed by atoms with Crippen LogP contribution in [0.15, 0.2) is 23.1 Å². The number of carbonyl (C=O) groups is 1. The van der Waals surface area contributed by atoms with Crippen molar-refractivity contribution in [2.45, 2.75) is 37.0 Å². The SMILES string of the molecule is O=C(C1CCCCC1)N1CCN(S(=O)(=O)c2ccc(F)c(F)c2)CC1. The lowest BCUT2D eigenvalue weighted by Gasteiger charge is -2.36. The number of benzene rings is 1. The summed E-state index contributed by atoms with van der Waals surface area (Å²) in [5.41, 5.74) is 0. The fourth-order valence-corrected chi connectivity index (χ4v) is 4.98. The van der Waals surface area contributed by atoms with Gasteiger partial charge in [0, 0.05) is 32.1 Å². The number of piperazine rings is 1. The van der Waals surface area contributed by atoms with Gasteiger partial charge in [0.2, 0.25) is 15.9 Å². The summed E-state index contributed by atoms with van der Waals surface area (Å²) in [6.07, 6.45) is 5.13. The first-order chi connectivity index (χ1) is 11.9. The van der Waals surface area contributed by atoms with Gasteiger partial charge in [0.15, 0.2) is 11.6 Å². The molecule has 1 amide bonds. The zero-order valence-corrected chi connectivity index (χ0v) is 14.8. The number of carbonyl (C=O) groups excluding carboxylic acids is 1. The second-order valence-corrected chi connectivity index (χ2v) is 8.58. The highest BCUT2D eigenvalue weighted by atomic mass is 32.2. The predicted molar refractivity (Wildman–Crippen MR) is 88.3 cm³/mol. The van der Waals surface area contributed by atoms with Crippen LogP contribution in [0.25, 0.3) is 0 Å². The zero-order chi connectivity index (χ0) is 18.0. The maximum absolute atomic E-state index is 13.3.